The topological polar surface area (TPSA) is 52.6 Å². The van der Waals surface area contributed by atoms with Crippen molar-refractivity contribution in [3.05, 3.63) is 70.9 Å². The molecule has 4 unspecified atom stereocenters. The van der Waals surface area contributed by atoms with Gasteiger partial charge in [0.2, 0.25) is 0 Å². The van der Waals surface area contributed by atoms with Crippen LogP contribution < -0.4 is 0 Å². The fourth-order valence-electron chi connectivity index (χ4n) is 5.91. The van der Waals surface area contributed by atoms with E-state index in [4.69, 9.17) is 9.47 Å². The summed E-state index contributed by atoms with van der Waals surface area (Å²) in [6.45, 7) is 17.0. The first-order valence-corrected chi connectivity index (χ1v) is 14.1. The maximum atomic E-state index is 13.8. The average Bonchev–Trinajstić information content (AvgIpc) is 3.46. The van der Waals surface area contributed by atoms with Crippen LogP contribution in [0, 0.1) is 35.5 Å². The van der Waals surface area contributed by atoms with E-state index in [-0.39, 0.29) is 35.6 Å². The SMILES string of the molecule is CC(C)C1=CCC(OC(=O)C2=C(C(=O)OC3(C(C)C)C=CC(C(C)C)=CC3)C3C=CC2C3)(C(C)C)C=C1. The highest BCUT2D eigenvalue weighted by molar-refractivity contribution is 6.03. The van der Waals surface area contributed by atoms with Gasteiger partial charge in [-0.1, -0.05) is 91.8 Å². The smallest absolute Gasteiger partial charge is 0.336 e. The molecule has 0 aromatic carbocycles. The number of allylic oxidation sites excluding steroid dienone is 6. The van der Waals surface area contributed by atoms with Crippen LogP contribution in [0.4, 0.5) is 0 Å². The largest absolute Gasteiger partial charge is 0.451 e. The van der Waals surface area contributed by atoms with Crippen LogP contribution in [0.25, 0.3) is 0 Å². The lowest BCUT2D eigenvalue weighted by Gasteiger charge is -2.37. The number of carbonyl (C=O) groups excluding carboxylic acids is 2. The Bertz CT molecular complexity index is 1040. The van der Waals surface area contributed by atoms with Gasteiger partial charge >= 0.3 is 11.9 Å². The van der Waals surface area contributed by atoms with Crippen LogP contribution in [0.5, 0.6) is 0 Å². The predicted octanol–water partition coefficient (Wildman–Crippen LogP) is 7.45. The minimum atomic E-state index is -0.716. The maximum absolute atomic E-state index is 13.8. The van der Waals surface area contributed by atoms with Crippen LogP contribution in [0.15, 0.2) is 70.9 Å². The van der Waals surface area contributed by atoms with E-state index in [2.05, 4.69) is 79.7 Å². The number of ether oxygens (including phenoxy) is 2. The summed E-state index contributed by atoms with van der Waals surface area (Å²) in [5.41, 5.74) is 2.06. The Morgan fingerprint density at radius 2 is 1.08 bits per heavy atom. The van der Waals surface area contributed by atoms with E-state index in [0.717, 1.165) is 6.42 Å². The van der Waals surface area contributed by atoms with Gasteiger partial charge in [0.05, 0.1) is 11.1 Å². The number of esters is 2. The van der Waals surface area contributed by atoms with E-state index in [0.29, 0.717) is 35.8 Å². The highest BCUT2D eigenvalue weighted by Crippen LogP contribution is 2.47. The second kappa shape index (κ2) is 10.3. The Balaban J connectivity index is 1.60. The van der Waals surface area contributed by atoms with Gasteiger partial charge in [0, 0.05) is 24.7 Å². The van der Waals surface area contributed by atoms with Gasteiger partial charge in [0.15, 0.2) is 0 Å². The van der Waals surface area contributed by atoms with Crippen molar-refractivity contribution in [1.82, 2.24) is 0 Å². The van der Waals surface area contributed by atoms with Crippen molar-refractivity contribution in [2.24, 2.45) is 35.5 Å². The first kappa shape index (κ1) is 27.4. The van der Waals surface area contributed by atoms with Gasteiger partial charge in [-0.15, -0.1) is 0 Å². The normalized spacial score (nSPS) is 30.6. The second-order valence-electron chi connectivity index (χ2n) is 12.5. The summed E-state index contributed by atoms with van der Waals surface area (Å²) in [7, 11) is 0. The van der Waals surface area contributed by atoms with Crippen LogP contribution >= 0.6 is 0 Å². The summed E-state index contributed by atoms with van der Waals surface area (Å²) in [5.74, 6) is 0.0797. The second-order valence-corrected chi connectivity index (χ2v) is 12.5. The highest BCUT2D eigenvalue weighted by Gasteiger charge is 2.47. The molecule has 0 radical (unpaired) electrons. The van der Waals surface area contributed by atoms with E-state index >= 15 is 0 Å². The summed E-state index contributed by atoms with van der Waals surface area (Å²) in [6, 6.07) is 0. The van der Waals surface area contributed by atoms with Crippen LogP contribution in [0.3, 0.4) is 0 Å². The maximum Gasteiger partial charge on any atom is 0.336 e. The molecule has 0 aliphatic heterocycles. The lowest BCUT2D eigenvalue weighted by Crippen LogP contribution is -2.41. The molecule has 0 saturated carbocycles. The van der Waals surface area contributed by atoms with Gasteiger partial charge in [-0.3, -0.25) is 0 Å². The Kier molecular flexibility index (Phi) is 7.61. The zero-order valence-corrected chi connectivity index (χ0v) is 23.8. The molecular weight excluding hydrogens is 460 g/mol. The molecule has 0 aromatic heterocycles. The van der Waals surface area contributed by atoms with Crippen molar-refractivity contribution >= 4 is 11.9 Å². The molecule has 0 spiro atoms. The van der Waals surface area contributed by atoms with Crippen molar-refractivity contribution < 1.29 is 19.1 Å². The third-order valence-corrected chi connectivity index (χ3v) is 8.84. The highest BCUT2D eigenvalue weighted by atomic mass is 16.6. The minimum absolute atomic E-state index is 0.0945. The predicted molar refractivity (Wildman–Crippen MR) is 148 cm³/mol. The molecule has 4 nitrogen and oxygen atoms in total. The summed E-state index contributed by atoms with van der Waals surface area (Å²) in [6.07, 6.45) is 18.8. The molecular formula is C33H44O4. The Morgan fingerprint density at radius 3 is 1.35 bits per heavy atom. The van der Waals surface area contributed by atoms with Crippen molar-refractivity contribution in [2.75, 3.05) is 0 Å². The van der Waals surface area contributed by atoms with Gasteiger partial charge < -0.3 is 9.47 Å². The van der Waals surface area contributed by atoms with E-state index in [9.17, 15) is 9.59 Å². The first-order valence-electron chi connectivity index (χ1n) is 14.1. The van der Waals surface area contributed by atoms with Crippen LogP contribution in [0.2, 0.25) is 0 Å². The zero-order chi connectivity index (χ0) is 27.1. The number of hydrogen-bond acceptors (Lipinski definition) is 4. The van der Waals surface area contributed by atoms with Crippen LogP contribution in [0.1, 0.15) is 74.7 Å². The monoisotopic (exact) mass is 504 g/mol. The fraction of sp³-hybridized carbons (Fsp3) is 0.576. The lowest BCUT2D eigenvalue weighted by atomic mass is 9.80. The summed E-state index contributed by atoms with van der Waals surface area (Å²) in [5, 5.41) is 0. The summed E-state index contributed by atoms with van der Waals surface area (Å²) >= 11 is 0. The molecule has 4 aliphatic carbocycles. The molecule has 0 heterocycles. The van der Waals surface area contributed by atoms with Gasteiger partial charge in [0.1, 0.15) is 11.2 Å². The quantitative estimate of drug-likeness (QED) is 0.254. The van der Waals surface area contributed by atoms with Gasteiger partial charge in [-0.05, 0) is 53.4 Å². The fourth-order valence-corrected chi connectivity index (χ4v) is 5.91. The number of hydrogen-bond donors (Lipinski definition) is 0. The standard InChI is InChI=1S/C33H44O4/c1-20(2)24-11-15-32(16-12-24,22(5)6)36-30(34)28-26-9-10-27(19-26)29(28)31(35)37-33(23(7)8)17-13-25(14-18-33)21(3)4/h9-15,17,20-23,26-27H,16,18-19H2,1-8H3. The molecule has 4 aliphatic rings. The number of fused-ring (bicyclic) bond motifs is 2. The van der Waals surface area contributed by atoms with E-state index in [1.165, 1.54) is 11.1 Å². The van der Waals surface area contributed by atoms with Crippen LogP contribution in [-0.2, 0) is 19.1 Å². The van der Waals surface area contributed by atoms with Crippen molar-refractivity contribution in [1.29, 1.82) is 0 Å². The molecule has 4 rings (SSSR count). The van der Waals surface area contributed by atoms with E-state index < -0.39 is 11.2 Å². The number of carbonyl (C=O) groups is 2. The molecule has 0 N–H and O–H groups in total. The summed E-state index contributed by atoms with van der Waals surface area (Å²) < 4.78 is 12.6. The molecule has 200 valence electrons. The van der Waals surface area contributed by atoms with E-state index in [1.807, 2.05) is 24.3 Å². The Labute approximate surface area is 223 Å². The zero-order valence-electron chi connectivity index (χ0n) is 23.8. The first-order chi connectivity index (χ1) is 17.4. The molecule has 4 atom stereocenters. The van der Waals surface area contributed by atoms with Crippen LogP contribution in [-0.4, -0.2) is 23.1 Å². The van der Waals surface area contributed by atoms with Crippen molar-refractivity contribution in [3.63, 3.8) is 0 Å². The van der Waals surface area contributed by atoms with Gasteiger partial charge in [-0.2, -0.15) is 0 Å². The van der Waals surface area contributed by atoms with Crippen molar-refractivity contribution in [3.8, 4) is 0 Å². The molecule has 0 amide bonds. The Hall–Kier alpha value is -2.62. The third kappa shape index (κ3) is 5.09. The molecule has 0 aromatic rings. The molecule has 37 heavy (non-hydrogen) atoms. The molecule has 0 fully saturated rings. The molecule has 2 bridgehead atoms. The van der Waals surface area contributed by atoms with Gasteiger partial charge in [-0.25, -0.2) is 9.59 Å². The molecule has 4 heteroatoms. The van der Waals surface area contributed by atoms with Gasteiger partial charge in [0.25, 0.3) is 0 Å². The number of rotatable bonds is 8. The minimum Gasteiger partial charge on any atom is -0.451 e. The lowest BCUT2D eigenvalue weighted by molar-refractivity contribution is -0.157. The third-order valence-electron chi connectivity index (χ3n) is 8.84. The van der Waals surface area contributed by atoms with E-state index in [1.54, 1.807) is 0 Å². The summed E-state index contributed by atoms with van der Waals surface area (Å²) in [4.78, 5) is 27.5. The van der Waals surface area contributed by atoms with Crippen molar-refractivity contribution in [2.45, 2.75) is 85.9 Å². The average molecular weight is 505 g/mol. The molecule has 0 saturated heterocycles. The Morgan fingerprint density at radius 1 is 0.703 bits per heavy atom.